The third-order valence-corrected chi connectivity index (χ3v) is 7.52. The Kier molecular flexibility index (Phi) is 6.84. The smallest absolute Gasteiger partial charge is 0.336 e. The highest BCUT2D eigenvalue weighted by molar-refractivity contribution is 7.99. The number of ether oxygens (including phenoxy) is 1. The van der Waals surface area contributed by atoms with Crippen molar-refractivity contribution in [2.75, 3.05) is 12.9 Å². The number of thioether (sulfide) groups is 1. The second-order valence-corrected chi connectivity index (χ2v) is 10.1. The van der Waals surface area contributed by atoms with Gasteiger partial charge in [-0.2, -0.15) is 5.10 Å². The first kappa shape index (κ1) is 24.1. The van der Waals surface area contributed by atoms with E-state index in [1.54, 1.807) is 11.8 Å². The van der Waals surface area contributed by atoms with Crippen LogP contribution >= 0.6 is 11.8 Å². The van der Waals surface area contributed by atoms with Crippen LogP contribution in [0.5, 0.6) is 0 Å². The molecule has 36 heavy (non-hydrogen) atoms. The summed E-state index contributed by atoms with van der Waals surface area (Å²) in [6.07, 6.45) is 1.58. The van der Waals surface area contributed by atoms with E-state index in [9.17, 15) is 9.59 Å². The Morgan fingerprint density at radius 2 is 1.78 bits per heavy atom. The third-order valence-electron chi connectivity index (χ3n) is 6.60. The zero-order valence-corrected chi connectivity index (χ0v) is 21.2. The van der Waals surface area contributed by atoms with Crippen LogP contribution in [0.25, 0.3) is 16.9 Å². The van der Waals surface area contributed by atoms with E-state index in [0.29, 0.717) is 11.3 Å². The van der Waals surface area contributed by atoms with Crippen molar-refractivity contribution in [1.29, 1.82) is 0 Å². The minimum Gasteiger partial charge on any atom is -0.466 e. The van der Waals surface area contributed by atoms with Gasteiger partial charge in [0, 0.05) is 28.9 Å². The summed E-state index contributed by atoms with van der Waals surface area (Å²) < 4.78 is 7.01. The first-order chi connectivity index (χ1) is 17.5. The van der Waals surface area contributed by atoms with Crippen LogP contribution in [0.3, 0.4) is 0 Å². The van der Waals surface area contributed by atoms with Crippen molar-refractivity contribution in [2.45, 2.75) is 31.4 Å². The van der Waals surface area contributed by atoms with Gasteiger partial charge in [0.2, 0.25) is 5.91 Å². The molecule has 2 aliphatic rings. The number of nitrogens with zero attached hydrogens (tertiary/aromatic N) is 2. The number of allylic oxidation sites excluding steroid dienone is 1. The average Bonchev–Trinajstić information content (AvgIpc) is 3.34. The van der Waals surface area contributed by atoms with Crippen LogP contribution in [0, 0.1) is 5.92 Å². The van der Waals surface area contributed by atoms with Crippen molar-refractivity contribution >= 4 is 23.6 Å². The second-order valence-electron chi connectivity index (χ2n) is 8.75. The molecule has 0 radical (unpaired) electrons. The molecule has 1 aromatic heterocycles. The molecule has 2 aliphatic heterocycles. The van der Waals surface area contributed by atoms with Gasteiger partial charge in [0.05, 0.1) is 36.1 Å². The fraction of sp³-hybridized carbons (Fsp3) is 0.296. The zero-order chi connectivity index (χ0) is 25.2. The number of aromatic nitrogens is 2. The Hall–Kier alpha value is -3.56. The van der Waals surface area contributed by atoms with E-state index in [-0.39, 0.29) is 17.6 Å². The SMILES string of the molecule is CCSC1NC(=O)C2C(NC(C)=C(C(=O)OC)C2c2cn(-c3ccccc3)nc2-c2ccccc2)N1. The lowest BCUT2D eigenvalue weighted by atomic mass is 9.74. The number of carbonyl (C=O) groups is 2. The van der Waals surface area contributed by atoms with Crippen LogP contribution in [-0.4, -0.2) is 46.2 Å². The van der Waals surface area contributed by atoms with Gasteiger partial charge in [-0.25, -0.2) is 9.48 Å². The van der Waals surface area contributed by atoms with E-state index < -0.39 is 17.8 Å². The van der Waals surface area contributed by atoms with E-state index in [4.69, 9.17) is 9.84 Å². The maximum atomic E-state index is 13.6. The maximum Gasteiger partial charge on any atom is 0.336 e. The molecule has 0 spiro atoms. The van der Waals surface area contributed by atoms with E-state index in [0.717, 1.165) is 28.3 Å². The topological polar surface area (TPSA) is 97.3 Å². The molecule has 3 N–H and O–H groups in total. The summed E-state index contributed by atoms with van der Waals surface area (Å²) in [6, 6.07) is 19.6. The Morgan fingerprint density at radius 3 is 2.44 bits per heavy atom. The number of carbonyl (C=O) groups excluding carboxylic acids is 2. The number of amides is 1. The minimum absolute atomic E-state index is 0.123. The predicted molar refractivity (Wildman–Crippen MR) is 140 cm³/mol. The fourth-order valence-corrected chi connectivity index (χ4v) is 5.80. The normalized spacial score (nSPS) is 23.5. The number of methoxy groups -OCH3 is 1. The molecule has 0 saturated carbocycles. The van der Waals surface area contributed by atoms with E-state index in [1.165, 1.54) is 7.11 Å². The van der Waals surface area contributed by atoms with Crippen molar-refractivity contribution in [3.8, 4) is 16.9 Å². The van der Waals surface area contributed by atoms with Crippen molar-refractivity contribution < 1.29 is 14.3 Å². The molecule has 5 rings (SSSR count). The number of esters is 1. The standard InChI is InChI=1S/C27H29N5O3S/c1-4-36-27-29-24-22(25(33)30-27)21(20(16(2)28-24)26(34)35-3)19-15-32(18-13-9-6-10-14-18)31-23(19)17-11-7-5-8-12-17/h5-15,21-22,24,27-29H,4H2,1-3H3,(H,30,33). The lowest BCUT2D eigenvalue weighted by molar-refractivity contribution is -0.137. The average molecular weight is 504 g/mol. The quantitative estimate of drug-likeness (QED) is 0.444. The summed E-state index contributed by atoms with van der Waals surface area (Å²) in [7, 11) is 1.37. The van der Waals surface area contributed by atoms with E-state index in [1.807, 2.05) is 85.4 Å². The molecule has 4 unspecified atom stereocenters. The van der Waals surface area contributed by atoms with Crippen LogP contribution in [0.2, 0.25) is 0 Å². The maximum absolute atomic E-state index is 13.6. The van der Waals surface area contributed by atoms with Crippen LogP contribution in [-0.2, 0) is 14.3 Å². The van der Waals surface area contributed by atoms with Crippen molar-refractivity contribution in [3.05, 3.63) is 83.7 Å². The molecule has 0 bridgehead atoms. The third kappa shape index (κ3) is 4.40. The van der Waals surface area contributed by atoms with Crippen LogP contribution in [0.1, 0.15) is 25.3 Å². The number of fused-ring (bicyclic) bond motifs is 1. The molecular formula is C27H29N5O3S. The molecule has 3 heterocycles. The molecule has 4 atom stereocenters. The highest BCUT2D eigenvalue weighted by atomic mass is 32.2. The highest BCUT2D eigenvalue weighted by Gasteiger charge is 2.49. The summed E-state index contributed by atoms with van der Waals surface area (Å²) in [6.45, 7) is 3.90. The van der Waals surface area contributed by atoms with Gasteiger partial charge >= 0.3 is 5.97 Å². The largest absolute Gasteiger partial charge is 0.466 e. The van der Waals surface area contributed by atoms with Crippen molar-refractivity contribution in [2.24, 2.45) is 5.92 Å². The first-order valence-electron chi connectivity index (χ1n) is 12.0. The van der Waals surface area contributed by atoms with Gasteiger partial charge in [-0.1, -0.05) is 55.5 Å². The molecule has 3 aromatic rings. The Balaban J connectivity index is 1.71. The number of rotatable bonds is 6. The molecule has 2 aromatic carbocycles. The number of hydrogen-bond donors (Lipinski definition) is 3. The highest BCUT2D eigenvalue weighted by Crippen LogP contribution is 2.44. The summed E-state index contributed by atoms with van der Waals surface area (Å²) >= 11 is 1.62. The number of para-hydroxylation sites is 1. The van der Waals surface area contributed by atoms with E-state index in [2.05, 4.69) is 16.0 Å². The Morgan fingerprint density at radius 1 is 1.08 bits per heavy atom. The van der Waals surface area contributed by atoms with Gasteiger partial charge in [0.25, 0.3) is 0 Å². The molecule has 186 valence electrons. The monoisotopic (exact) mass is 503 g/mol. The molecule has 1 fully saturated rings. The van der Waals surface area contributed by atoms with Crippen molar-refractivity contribution in [1.82, 2.24) is 25.7 Å². The fourth-order valence-electron chi connectivity index (χ4n) is 5.03. The lowest BCUT2D eigenvalue weighted by Crippen LogP contribution is -2.67. The lowest BCUT2D eigenvalue weighted by Gasteiger charge is -2.45. The van der Waals surface area contributed by atoms with Crippen LogP contribution < -0.4 is 16.0 Å². The molecule has 8 nitrogen and oxygen atoms in total. The zero-order valence-electron chi connectivity index (χ0n) is 20.4. The summed E-state index contributed by atoms with van der Waals surface area (Å²) in [5.41, 5.74) is 4.20. The van der Waals surface area contributed by atoms with Crippen molar-refractivity contribution in [3.63, 3.8) is 0 Å². The van der Waals surface area contributed by atoms with Gasteiger partial charge < -0.3 is 15.4 Å². The van der Waals surface area contributed by atoms with Gasteiger partial charge in [-0.3, -0.25) is 10.1 Å². The Labute approximate surface area is 214 Å². The van der Waals surface area contributed by atoms with Gasteiger partial charge in [-0.05, 0) is 24.8 Å². The summed E-state index contributed by atoms with van der Waals surface area (Å²) in [5, 5.41) is 14.9. The van der Waals surface area contributed by atoms with E-state index >= 15 is 0 Å². The molecule has 0 aliphatic carbocycles. The minimum atomic E-state index is -0.590. The van der Waals surface area contributed by atoms with Gasteiger partial charge in [-0.15, -0.1) is 11.8 Å². The Bertz CT molecular complexity index is 1290. The number of benzene rings is 2. The van der Waals surface area contributed by atoms with Gasteiger partial charge in [0.1, 0.15) is 5.50 Å². The van der Waals surface area contributed by atoms with Crippen LogP contribution in [0.15, 0.2) is 78.1 Å². The molecular weight excluding hydrogens is 474 g/mol. The van der Waals surface area contributed by atoms with Crippen LogP contribution in [0.4, 0.5) is 0 Å². The number of nitrogens with one attached hydrogen (secondary N) is 3. The summed E-state index contributed by atoms with van der Waals surface area (Å²) in [5.74, 6) is -0.901. The molecule has 9 heteroatoms. The molecule has 1 amide bonds. The summed E-state index contributed by atoms with van der Waals surface area (Å²) in [4.78, 5) is 26.7. The predicted octanol–water partition coefficient (Wildman–Crippen LogP) is 3.37. The van der Waals surface area contributed by atoms with Gasteiger partial charge in [0.15, 0.2) is 0 Å². The second kappa shape index (κ2) is 10.2. The first-order valence-corrected chi connectivity index (χ1v) is 13.0. The molecule has 1 saturated heterocycles. The number of hydrogen-bond acceptors (Lipinski definition) is 7.